The molecule has 0 atom stereocenters. The first-order chi connectivity index (χ1) is 11.7. The number of piperazine rings is 1. The average Bonchev–Trinajstić information content (AvgIpc) is 2.59. The summed E-state index contributed by atoms with van der Waals surface area (Å²) in [7, 11) is 0. The Bertz CT molecular complexity index is 623. The predicted molar refractivity (Wildman–Crippen MR) is 102 cm³/mol. The normalized spacial score (nSPS) is 15.4. The minimum atomic E-state index is -1.05. The number of benzene rings is 1. The number of halogens is 1. The Balaban J connectivity index is 1.95. The van der Waals surface area contributed by atoms with Gasteiger partial charge in [-0.3, -0.25) is 9.59 Å². The molecule has 0 aliphatic carbocycles. The summed E-state index contributed by atoms with van der Waals surface area (Å²) in [5, 5.41) is 3.58. The van der Waals surface area contributed by atoms with Crippen molar-refractivity contribution in [3.63, 3.8) is 0 Å². The van der Waals surface area contributed by atoms with E-state index in [1.54, 1.807) is 18.7 Å². The summed E-state index contributed by atoms with van der Waals surface area (Å²) >= 11 is 6.05. The van der Waals surface area contributed by atoms with Crippen molar-refractivity contribution >= 4 is 29.1 Å². The van der Waals surface area contributed by atoms with Crippen molar-refractivity contribution in [1.29, 1.82) is 0 Å². The molecule has 2 rings (SSSR count). The van der Waals surface area contributed by atoms with E-state index in [2.05, 4.69) is 10.2 Å². The molecule has 138 valence electrons. The molecule has 1 saturated heterocycles. The number of carbonyl (C=O) groups excluding carboxylic acids is 2. The van der Waals surface area contributed by atoms with Crippen molar-refractivity contribution in [3.8, 4) is 0 Å². The number of hydrogen-bond acceptors (Lipinski definition) is 3. The molecule has 5 nitrogen and oxygen atoms in total. The first-order valence-electron chi connectivity index (χ1n) is 8.80. The van der Waals surface area contributed by atoms with Crippen LogP contribution in [0.4, 0.5) is 5.69 Å². The lowest BCUT2D eigenvalue weighted by molar-refractivity contribution is -0.148. The van der Waals surface area contributed by atoms with Gasteiger partial charge in [0.2, 0.25) is 11.8 Å². The zero-order valence-corrected chi connectivity index (χ0v) is 16.3. The van der Waals surface area contributed by atoms with E-state index in [4.69, 9.17) is 11.6 Å². The summed E-state index contributed by atoms with van der Waals surface area (Å²) < 4.78 is 0. The average molecular weight is 366 g/mol. The summed E-state index contributed by atoms with van der Waals surface area (Å²) in [6.07, 6.45) is 0. The molecule has 1 N–H and O–H groups in total. The first-order valence-corrected chi connectivity index (χ1v) is 9.18. The van der Waals surface area contributed by atoms with Crippen molar-refractivity contribution in [3.05, 3.63) is 29.3 Å². The van der Waals surface area contributed by atoms with E-state index in [0.29, 0.717) is 30.6 Å². The topological polar surface area (TPSA) is 52.7 Å². The Morgan fingerprint density at radius 1 is 1.20 bits per heavy atom. The smallest absolute Gasteiger partial charge is 0.237 e. The molecule has 0 spiro atoms. The Kier molecular flexibility index (Phi) is 6.33. The van der Waals surface area contributed by atoms with E-state index >= 15 is 0 Å². The van der Waals surface area contributed by atoms with Gasteiger partial charge in [0.15, 0.2) is 0 Å². The van der Waals surface area contributed by atoms with Crippen molar-refractivity contribution in [2.24, 2.45) is 11.3 Å². The second-order valence-electron chi connectivity index (χ2n) is 7.49. The molecule has 1 heterocycles. The Morgan fingerprint density at radius 2 is 1.84 bits per heavy atom. The number of anilines is 1. The second-order valence-corrected chi connectivity index (χ2v) is 7.92. The van der Waals surface area contributed by atoms with E-state index in [1.807, 2.05) is 38.1 Å². The standard InChI is InChI=1S/C19H28ClN3O2/c1-14(2)13-21-17(24)19(3,4)18(25)23-10-8-22(9-11-23)16-7-5-6-15(20)12-16/h5-7,12,14H,8-11,13H2,1-4H3,(H,21,24). The van der Waals surface area contributed by atoms with Crippen LogP contribution in [-0.4, -0.2) is 49.4 Å². The molecular formula is C19H28ClN3O2. The molecule has 0 aromatic heterocycles. The van der Waals surface area contributed by atoms with Gasteiger partial charge >= 0.3 is 0 Å². The maximum absolute atomic E-state index is 12.8. The lowest BCUT2D eigenvalue weighted by Crippen LogP contribution is -2.55. The van der Waals surface area contributed by atoms with Crippen LogP contribution < -0.4 is 10.2 Å². The van der Waals surface area contributed by atoms with Gasteiger partial charge < -0.3 is 15.1 Å². The van der Waals surface area contributed by atoms with Crippen molar-refractivity contribution < 1.29 is 9.59 Å². The van der Waals surface area contributed by atoms with Crippen LogP contribution in [0.15, 0.2) is 24.3 Å². The fourth-order valence-electron chi connectivity index (χ4n) is 2.85. The predicted octanol–water partition coefficient (Wildman–Crippen LogP) is 2.79. The Hall–Kier alpha value is -1.75. The minimum absolute atomic E-state index is 0.112. The molecular weight excluding hydrogens is 338 g/mol. The second kappa shape index (κ2) is 8.09. The van der Waals surface area contributed by atoms with E-state index in [0.717, 1.165) is 18.8 Å². The van der Waals surface area contributed by atoms with Gasteiger partial charge in [0, 0.05) is 43.4 Å². The highest BCUT2D eigenvalue weighted by atomic mass is 35.5. The maximum Gasteiger partial charge on any atom is 0.237 e. The van der Waals surface area contributed by atoms with Crippen molar-refractivity contribution in [1.82, 2.24) is 10.2 Å². The summed E-state index contributed by atoms with van der Waals surface area (Å²) in [6.45, 7) is 10.7. The zero-order chi connectivity index (χ0) is 18.6. The molecule has 0 unspecified atom stereocenters. The number of carbonyl (C=O) groups is 2. The van der Waals surface area contributed by atoms with Crippen LogP contribution in [0.3, 0.4) is 0 Å². The van der Waals surface area contributed by atoms with Crippen molar-refractivity contribution in [2.45, 2.75) is 27.7 Å². The van der Waals surface area contributed by atoms with Gasteiger partial charge in [-0.25, -0.2) is 0 Å². The third-order valence-electron chi connectivity index (χ3n) is 4.51. The first kappa shape index (κ1) is 19.6. The molecule has 6 heteroatoms. The van der Waals surface area contributed by atoms with Crippen LogP contribution in [0.25, 0.3) is 0 Å². The quantitative estimate of drug-likeness (QED) is 0.816. The molecule has 1 aliphatic rings. The number of nitrogens with zero attached hydrogens (tertiary/aromatic N) is 2. The molecule has 1 aromatic rings. The largest absolute Gasteiger partial charge is 0.368 e. The van der Waals surface area contributed by atoms with Crippen LogP contribution in [0, 0.1) is 11.3 Å². The van der Waals surface area contributed by atoms with Gasteiger partial charge in [-0.2, -0.15) is 0 Å². The maximum atomic E-state index is 12.8. The molecule has 25 heavy (non-hydrogen) atoms. The van der Waals surface area contributed by atoms with Gasteiger partial charge in [-0.15, -0.1) is 0 Å². The van der Waals surface area contributed by atoms with Gasteiger partial charge in [0.25, 0.3) is 0 Å². The SMILES string of the molecule is CC(C)CNC(=O)C(C)(C)C(=O)N1CCN(c2cccc(Cl)c2)CC1. The summed E-state index contributed by atoms with van der Waals surface area (Å²) in [6, 6.07) is 7.73. The number of nitrogens with one attached hydrogen (secondary N) is 1. The number of hydrogen-bond donors (Lipinski definition) is 1. The molecule has 0 saturated carbocycles. The zero-order valence-electron chi connectivity index (χ0n) is 15.5. The van der Waals surface area contributed by atoms with Crippen LogP contribution in [-0.2, 0) is 9.59 Å². The molecule has 1 aliphatic heterocycles. The molecule has 2 amide bonds. The van der Waals surface area contributed by atoms with E-state index in [9.17, 15) is 9.59 Å². The summed E-state index contributed by atoms with van der Waals surface area (Å²) in [5.74, 6) is 0.0408. The lowest BCUT2D eigenvalue weighted by atomic mass is 9.89. The fraction of sp³-hybridized carbons (Fsp3) is 0.579. The molecule has 1 fully saturated rings. The molecule has 1 aromatic carbocycles. The Morgan fingerprint density at radius 3 is 2.40 bits per heavy atom. The van der Waals surface area contributed by atoms with E-state index < -0.39 is 5.41 Å². The van der Waals surface area contributed by atoms with E-state index in [-0.39, 0.29) is 11.8 Å². The van der Waals surface area contributed by atoms with Gasteiger partial charge in [0.05, 0.1) is 0 Å². The molecule has 0 bridgehead atoms. The molecule has 0 radical (unpaired) electrons. The highest BCUT2D eigenvalue weighted by Gasteiger charge is 2.39. The van der Waals surface area contributed by atoms with Gasteiger partial charge in [-0.05, 0) is 38.0 Å². The van der Waals surface area contributed by atoms with Crippen LogP contribution in [0.5, 0.6) is 0 Å². The third-order valence-corrected chi connectivity index (χ3v) is 4.75. The van der Waals surface area contributed by atoms with Crippen LogP contribution in [0.1, 0.15) is 27.7 Å². The fourth-order valence-corrected chi connectivity index (χ4v) is 3.04. The third kappa shape index (κ3) is 4.88. The highest BCUT2D eigenvalue weighted by Crippen LogP contribution is 2.24. The number of amides is 2. The Labute approximate surface area is 155 Å². The van der Waals surface area contributed by atoms with Gasteiger partial charge in [-0.1, -0.05) is 31.5 Å². The van der Waals surface area contributed by atoms with Crippen LogP contribution >= 0.6 is 11.6 Å². The summed E-state index contributed by atoms with van der Waals surface area (Å²) in [5.41, 5.74) is 0.0150. The summed E-state index contributed by atoms with van der Waals surface area (Å²) in [4.78, 5) is 29.2. The van der Waals surface area contributed by atoms with Crippen molar-refractivity contribution in [2.75, 3.05) is 37.6 Å². The monoisotopic (exact) mass is 365 g/mol. The lowest BCUT2D eigenvalue weighted by Gasteiger charge is -2.39. The van der Waals surface area contributed by atoms with Crippen LogP contribution in [0.2, 0.25) is 5.02 Å². The highest BCUT2D eigenvalue weighted by molar-refractivity contribution is 6.30. The minimum Gasteiger partial charge on any atom is -0.368 e. The number of rotatable bonds is 5. The van der Waals surface area contributed by atoms with E-state index in [1.165, 1.54) is 0 Å². The van der Waals surface area contributed by atoms with Gasteiger partial charge in [0.1, 0.15) is 5.41 Å².